The van der Waals surface area contributed by atoms with Gasteiger partial charge < -0.3 is 5.32 Å². The van der Waals surface area contributed by atoms with Crippen molar-refractivity contribution in [3.8, 4) is 11.1 Å². The maximum Gasteiger partial charge on any atom is 0.416 e. The van der Waals surface area contributed by atoms with E-state index in [2.05, 4.69) is 10.3 Å². The van der Waals surface area contributed by atoms with E-state index in [4.69, 9.17) is 0 Å². The largest absolute Gasteiger partial charge is 0.416 e. The zero-order valence-corrected chi connectivity index (χ0v) is 15.2. The molecule has 0 bridgehead atoms. The Morgan fingerprint density at radius 2 is 1.43 bits per heavy atom. The number of hydrogen-bond donors (Lipinski definition) is 1. The molecule has 0 aliphatic carbocycles. The molecule has 0 aliphatic rings. The average molecular weight is 424 g/mol. The van der Waals surface area contributed by atoms with E-state index in [-0.39, 0.29) is 17.3 Å². The number of rotatable bonds is 4. The predicted molar refractivity (Wildman–Crippen MR) is 97.3 cm³/mol. The van der Waals surface area contributed by atoms with Gasteiger partial charge in [-0.15, -0.1) is 0 Å². The van der Waals surface area contributed by atoms with Crippen molar-refractivity contribution in [2.45, 2.75) is 18.9 Å². The molecule has 0 unspecified atom stereocenters. The fraction of sp³-hybridized carbons (Fsp3) is 0.143. The number of pyridine rings is 1. The Morgan fingerprint density at radius 1 is 0.833 bits per heavy atom. The van der Waals surface area contributed by atoms with E-state index in [9.17, 15) is 31.1 Å². The topological polar surface area (TPSA) is 42.0 Å². The quantitative estimate of drug-likeness (QED) is 0.545. The number of aromatic nitrogens is 1. The van der Waals surface area contributed by atoms with Gasteiger partial charge in [0.25, 0.3) is 5.91 Å². The Kier molecular flexibility index (Phi) is 5.82. The Hall–Kier alpha value is -3.36. The van der Waals surface area contributed by atoms with Crippen molar-refractivity contribution in [2.24, 2.45) is 0 Å². The first-order valence-electron chi connectivity index (χ1n) is 8.63. The van der Waals surface area contributed by atoms with Crippen molar-refractivity contribution >= 4 is 5.91 Å². The standard InChI is InChI=1S/C21H14F6N2O/c22-20(23,24)15-9-13(10-16(11-15)21(25,26)27)12-29-19(30)18-17(7-4-8-28-18)14-5-2-1-3-6-14/h1-11H,12H2,(H,29,30). The number of nitrogens with zero attached hydrogens (tertiary/aromatic N) is 1. The minimum absolute atomic E-state index is 0.00622. The monoisotopic (exact) mass is 424 g/mol. The zero-order chi connectivity index (χ0) is 21.9. The second-order valence-corrected chi connectivity index (χ2v) is 6.36. The van der Waals surface area contributed by atoms with Gasteiger partial charge in [-0.25, -0.2) is 0 Å². The molecule has 9 heteroatoms. The summed E-state index contributed by atoms with van der Waals surface area (Å²) in [6, 6.07) is 13.2. The van der Waals surface area contributed by atoms with Gasteiger partial charge in [-0.3, -0.25) is 9.78 Å². The molecule has 0 fully saturated rings. The van der Waals surface area contributed by atoms with Crippen LogP contribution in [0.25, 0.3) is 11.1 Å². The van der Waals surface area contributed by atoms with Crippen molar-refractivity contribution in [1.82, 2.24) is 10.3 Å². The van der Waals surface area contributed by atoms with Crippen LogP contribution in [-0.2, 0) is 18.9 Å². The molecule has 0 atom stereocenters. The molecular weight excluding hydrogens is 410 g/mol. The van der Waals surface area contributed by atoms with Crippen LogP contribution in [0, 0.1) is 0 Å². The smallest absolute Gasteiger partial charge is 0.347 e. The van der Waals surface area contributed by atoms with E-state index >= 15 is 0 Å². The van der Waals surface area contributed by atoms with Crippen molar-refractivity contribution < 1.29 is 31.1 Å². The van der Waals surface area contributed by atoms with Crippen LogP contribution in [0.5, 0.6) is 0 Å². The fourth-order valence-electron chi connectivity index (χ4n) is 2.82. The van der Waals surface area contributed by atoms with Gasteiger partial charge in [0.05, 0.1) is 11.1 Å². The summed E-state index contributed by atoms with van der Waals surface area (Å²) in [5.41, 5.74) is -2.03. The van der Waals surface area contributed by atoms with Crippen LogP contribution in [0.15, 0.2) is 66.9 Å². The summed E-state index contributed by atoms with van der Waals surface area (Å²) >= 11 is 0. The second-order valence-electron chi connectivity index (χ2n) is 6.36. The molecule has 0 radical (unpaired) electrons. The fourth-order valence-corrected chi connectivity index (χ4v) is 2.82. The van der Waals surface area contributed by atoms with Gasteiger partial charge in [0, 0.05) is 18.3 Å². The molecule has 3 nitrogen and oxygen atoms in total. The molecule has 0 saturated carbocycles. The van der Waals surface area contributed by atoms with Gasteiger partial charge in [-0.1, -0.05) is 36.4 Å². The number of amides is 1. The summed E-state index contributed by atoms with van der Waals surface area (Å²) in [5, 5.41) is 2.35. The minimum atomic E-state index is -4.96. The summed E-state index contributed by atoms with van der Waals surface area (Å²) in [4.78, 5) is 16.6. The predicted octanol–water partition coefficient (Wildman–Crippen LogP) is 5.72. The van der Waals surface area contributed by atoms with Gasteiger partial charge in [0.2, 0.25) is 0 Å². The van der Waals surface area contributed by atoms with Crippen molar-refractivity contribution in [1.29, 1.82) is 0 Å². The van der Waals surface area contributed by atoms with E-state index < -0.39 is 35.9 Å². The number of carbonyl (C=O) groups is 1. The third-order valence-electron chi connectivity index (χ3n) is 4.21. The number of halogens is 6. The lowest BCUT2D eigenvalue weighted by Crippen LogP contribution is -2.25. The maximum atomic E-state index is 13.0. The Labute approximate surface area is 167 Å². The molecule has 3 rings (SSSR count). The van der Waals surface area contributed by atoms with E-state index in [0.717, 1.165) is 0 Å². The molecule has 3 aromatic rings. The lowest BCUT2D eigenvalue weighted by Gasteiger charge is -2.15. The van der Waals surface area contributed by atoms with Crippen LogP contribution in [0.1, 0.15) is 27.2 Å². The number of hydrogen-bond acceptors (Lipinski definition) is 2. The zero-order valence-electron chi connectivity index (χ0n) is 15.2. The first-order valence-corrected chi connectivity index (χ1v) is 8.63. The average Bonchev–Trinajstić information content (AvgIpc) is 2.71. The highest BCUT2D eigenvalue weighted by Gasteiger charge is 2.36. The van der Waals surface area contributed by atoms with Crippen LogP contribution in [0.2, 0.25) is 0 Å². The molecule has 30 heavy (non-hydrogen) atoms. The van der Waals surface area contributed by atoms with Gasteiger partial charge in [-0.05, 0) is 35.4 Å². The lowest BCUT2D eigenvalue weighted by molar-refractivity contribution is -0.143. The number of benzene rings is 2. The molecule has 156 valence electrons. The van der Waals surface area contributed by atoms with Crippen molar-refractivity contribution in [3.05, 3.63) is 89.2 Å². The van der Waals surface area contributed by atoms with E-state index in [1.54, 1.807) is 42.5 Å². The van der Waals surface area contributed by atoms with E-state index in [1.807, 2.05) is 0 Å². The molecule has 1 heterocycles. The summed E-state index contributed by atoms with van der Waals surface area (Å²) in [7, 11) is 0. The Bertz CT molecular complexity index is 1010. The van der Waals surface area contributed by atoms with Crippen molar-refractivity contribution in [3.63, 3.8) is 0 Å². The van der Waals surface area contributed by atoms with E-state index in [0.29, 0.717) is 23.3 Å². The first kappa shape index (κ1) is 21.4. The third kappa shape index (κ3) is 4.97. The molecule has 0 saturated heterocycles. The van der Waals surface area contributed by atoms with Gasteiger partial charge in [-0.2, -0.15) is 26.3 Å². The number of carbonyl (C=O) groups excluding carboxylic acids is 1. The van der Waals surface area contributed by atoms with Crippen LogP contribution in [0.3, 0.4) is 0 Å². The SMILES string of the molecule is O=C(NCc1cc(C(F)(F)F)cc(C(F)(F)F)c1)c1ncccc1-c1ccccc1. The Morgan fingerprint density at radius 3 is 2.00 bits per heavy atom. The van der Waals surface area contributed by atoms with Gasteiger partial charge in [0.1, 0.15) is 5.69 Å². The Balaban J connectivity index is 1.87. The molecule has 2 aromatic carbocycles. The van der Waals surface area contributed by atoms with Gasteiger partial charge >= 0.3 is 12.4 Å². The van der Waals surface area contributed by atoms with Crippen LogP contribution >= 0.6 is 0 Å². The summed E-state index contributed by atoms with van der Waals surface area (Å²) < 4.78 is 77.9. The molecule has 1 N–H and O–H groups in total. The summed E-state index contributed by atoms with van der Waals surface area (Å²) in [5.74, 6) is -0.722. The minimum Gasteiger partial charge on any atom is -0.347 e. The van der Waals surface area contributed by atoms with Gasteiger partial charge in [0.15, 0.2) is 0 Å². The molecular formula is C21H14F6N2O. The molecule has 0 spiro atoms. The first-order chi connectivity index (χ1) is 14.1. The number of alkyl halides is 6. The van der Waals surface area contributed by atoms with E-state index in [1.165, 1.54) is 6.20 Å². The van der Waals surface area contributed by atoms with Crippen molar-refractivity contribution in [2.75, 3.05) is 0 Å². The van der Waals surface area contributed by atoms with Crippen LogP contribution < -0.4 is 5.32 Å². The number of nitrogens with one attached hydrogen (secondary N) is 1. The summed E-state index contributed by atoms with van der Waals surface area (Å²) in [6.45, 7) is -0.531. The molecule has 0 aliphatic heterocycles. The maximum absolute atomic E-state index is 13.0. The normalized spacial score (nSPS) is 11.9. The highest BCUT2D eigenvalue weighted by molar-refractivity contribution is 5.98. The highest BCUT2D eigenvalue weighted by atomic mass is 19.4. The second kappa shape index (κ2) is 8.17. The highest BCUT2D eigenvalue weighted by Crippen LogP contribution is 2.36. The third-order valence-corrected chi connectivity index (χ3v) is 4.21. The summed E-state index contributed by atoms with van der Waals surface area (Å²) in [6.07, 6.45) is -8.55. The molecule has 1 amide bonds. The lowest BCUT2D eigenvalue weighted by atomic mass is 10.0. The van der Waals surface area contributed by atoms with Crippen LogP contribution in [-0.4, -0.2) is 10.9 Å². The van der Waals surface area contributed by atoms with Crippen LogP contribution in [0.4, 0.5) is 26.3 Å². The molecule has 1 aromatic heterocycles.